The zero-order valence-electron chi connectivity index (χ0n) is 10.9. The van der Waals surface area contributed by atoms with Crippen molar-refractivity contribution in [2.24, 2.45) is 0 Å². The van der Waals surface area contributed by atoms with Crippen LogP contribution in [-0.2, 0) is 12.8 Å². The monoisotopic (exact) mass is 252 g/mol. The molecule has 0 saturated heterocycles. The first-order valence-electron chi connectivity index (χ1n) is 6.61. The highest BCUT2D eigenvalue weighted by Gasteiger charge is 2.13. The molecule has 1 aliphatic carbocycles. The summed E-state index contributed by atoms with van der Waals surface area (Å²) in [6, 6.07) is 12.1. The molecule has 1 aliphatic rings. The van der Waals surface area contributed by atoms with Gasteiger partial charge in [0.15, 0.2) is 0 Å². The predicted molar refractivity (Wildman–Crippen MR) is 75.6 cm³/mol. The van der Waals surface area contributed by atoms with Crippen LogP contribution in [0.5, 0.6) is 0 Å². The van der Waals surface area contributed by atoms with Crippen LogP contribution in [0.25, 0.3) is 11.1 Å². The van der Waals surface area contributed by atoms with Gasteiger partial charge in [-0.05, 0) is 60.1 Å². The topological polar surface area (TPSA) is 37.3 Å². The van der Waals surface area contributed by atoms with Crippen molar-refractivity contribution in [3.63, 3.8) is 0 Å². The standard InChI is InChI=1S/C17H16O2/c1-11-5-6-15(10-16(11)17(18)19)14-8-7-12-3-2-4-13(12)9-14/h5-10H,2-4H2,1H3,(H,18,19). The molecule has 0 spiro atoms. The zero-order valence-corrected chi connectivity index (χ0v) is 10.9. The third-order valence-corrected chi connectivity index (χ3v) is 3.90. The maximum atomic E-state index is 11.2. The molecule has 2 aromatic carbocycles. The van der Waals surface area contributed by atoms with E-state index in [2.05, 4.69) is 18.2 Å². The fourth-order valence-corrected chi connectivity index (χ4v) is 2.78. The van der Waals surface area contributed by atoms with E-state index >= 15 is 0 Å². The molecule has 2 heteroatoms. The number of aryl methyl sites for hydroxylation is 3. The normalized spacial score (nSPS) is 13.3. The SMILES string of the molecule is Cc1ccc(-c2ccc3c(c2)CCC3)cc1C(=O)O. The first kappa shape index (κ1) is 12.0. The summed E-state index contributed by atoms with van der Waals surface area (Å²) < 4.78 is 0. The molecule has 0 aromatic heterocycles. The van der Waals surface area contributed by atoms with E-state index in [1.165, 1.54) is 24.0 Å². The summed E-state index contributed by atoms with van der Waals surface area (Å²) >= 11 is 0. The lowest BCUT2D eigenvalue weighted by Crippen LogP contribution is -1.99. The second-order valence-electron chi connectivity index (χ2n) is 5.17. The minimum atomic E-state index is -0.861. The van der Waals surface area contributed by atoms with Crippen LogP contribution in [0.2, 0.25) is 0 Å². The quantitative estimate of drug-likeness (QED) is 0.881. The van der Waals surface area contributed by atoms with Gasteiger partial charge in [0.25, 0.3) is 0 Å². The maximum Gasteiger partial charge on any atom is 0.335 e. The van der Waals surface area contributed by atoms with Gasteiger partial charge in [-0.1, -0.05) is 30.3 Å². The summed E-state index contributed by atoms with van der Waals surface area (Å²) in [6.45, 7) is 1.83. The number of fused-ring (bicyclic) bond motifs is 1. The average Bonchev–Trinajstić information content (AvgIpc) is 2.86. The molecule has 0 atom stereocenters. The molecule has 2 nitrogen and oxygen atoms in total. The Morgan fingerprint density at radius 1 is 1.00 bits per heavy atom. The van der Waals surface area contributed by atoms with Gasteiger partial charge in [0.2, 0.25) is 0 Å². The van der Waals surface area contributed by atoms with Crippen LogP contribution in [0.4, 0.5) is 0 Å². The van der Waals surface area contributed by atoms with E-state index in [-0.39, 0.29) is 0 Å². The van der Waals surface area contributed by atoms with Crippen molar-refractivity contribution < 1.29 is 9.90 Å². The fourth-order valence-electron chi connectivity index (χ4n) is 2.78. The molecular weight excluding hydrogens is 236 g/mol. The molecule has 2 aromatic rings. The molecule has 0 radical (unpaired) electrons. The summed E-state index contributed by atoms with van der Waals surface area (Å²) in [7, 11) is 0. The highest BCUT2D eigenvalue weighted by atomic mass is 16.4. The van der Waals surface area contributed by atoms with Crippen molar-refractivity contribution in [3.8, 4) is 11.1 Å². The van der Waals surface area contributed by atoms with Gasteiger partial charge in [-0.15, -0.1) is 0 Å². The van der Waals surface area contributed by atoms with Gasteiger partial charge in [0, 0.05) is 0 Å². The average molecular weight is 252 g/mol. The molecule has 3 rings (SSSR count). The Labute approximate surface area is 112 Å². The number of benzene rings is 2. The molecule has 0 unspecified atom stereocenters. The highest BCUT2D eigenvalue weighted by molar-refractivity contribution is 5.91. The zero-order chi connectivity index (χ0) is 13.4. The van der Waals surface area contributed by atoms with E-state index in [9.17, 15) is 9.90 Å². The van der Waals surface area contributed by atoms with Crippen molar-refractivity contribution in [1.29, 1.82) is 0 Å². The summed E-state index contributed by atoms with van der Waals surface area (Å²) in [5.41, 5.74) is 6.14. The van der Waals surface area contributed by atoms with Gasteiger partial charge < -0.3 is 5.11 Å². The smallest absolute Gasteiger partial charge is 0.335 e. The van der Waals surface area contributed by atoms with Gasteiger partial charge in [-0.3, -0.25) is 0 Å². The first-order chi connectivity index (χ1) is 9.15. The van der Waals surface area contributed by atoms with Gasteiger partial charge in [-0.25, -0.2) is 4.79 Å². The number of rotatable bonds is 2. The van der Waals surface area contributed by atoms with E-state index < -0.39 is 5.97 Å². The second-order valence-corrected chi connectivity index (χ2v) is 5.17. The maximum absolute atomic E-state index is 11.2. The minimum Gasteiger partial charge on any atom is -0.478 e. The molecule has 1 N–H and O–H groups in total. The Kier molecular flexibility index (Phi) is 2.86. The summed E-state index contributed by atoms with van der Waals surface area (Å²) in [6.07, 6.45) is 3.54. The minimum absolute atomic E-state index is 0.387. The predicted octanol–water partition coefficient (Wildman–Crippen LogP) is 3.85. The molecule has 0 bridgehead atoms. The van der Waals surface area contributed by atoms with Crippen LogP contribution < -0.4 is 0 Å². The third-order valence-electron chi connectivity index (χ3n) is 3.90. The van der Waals surface area contributed by atoms with Crippen LogP contribution in [0.1, 0.15) is 33.5 Å². The van der Waals surface area contributed by atoms with E-state index in [1.807, 2.05) is 19.1 Å². The van der Waals surface area contributed by atoms with E-state index in [0.717, 1.165) is 23.1 Å². The Morgan fingerprint density at radius 3 is 2.47 bits per heavy atom. The molecular formula is C17H16O2. The largest absolute Gasteiger partial charge is 0.478 e. The lowest BCUT2D eigenvalue weighted by Gasteiger charge is -2.08. The molecule has 0 aliphatic heterocycles. The fraction of sp³-hybridized carbons (Fsp3) is 0.235. The molecule has 0 amide bonds. The highest BCUT2D eigenvalue weighted by Crippen LogP contribution is 2.29. The number of hydrogen-bond acceptors (Lipinski definition) is 1. The van der Waals surface area contributed by atoms with Crippen molar-refractivity contribution in [2.45, 2.75) is 26.2 Å². The van der Waals surface area contributed by atoms with E-state index in [0.29, 0.717) is 5.56 Å². The van der Waals surface area contributed by atoms with Crippen LogP contribution in [0.3, 0.4) is 0 Å². The van der Waals surface area contributed by atoms with Gasteiger partial charge >= 0.3 is 5.97 Å². The molecule has 19 heavy (non-hydrogen) atoms. The van der Waals surface area contributed by atoms with Crippen LogP contribution >= 0.6 is 0 Å². The Morgan fingerprint density at radius 2 is 1.68 bits per heavy atom. The van der Waals surface area contributed by atoms with Crippen LogP contribution in [-0.4, -0.2) is 11.1 Å². The van der Waals surface area contributed by atoms with E-state index in [4.69, 9.17) is 0 Å². The summed E-state index contributed by atoms with van der Waals surface area (Å²) in [5, 5.41) is 9.19. The first-order valence-corrected chi connectivity index (χ1v) is 6.61. The Bertz CT molecular complexity index is 656. The number of carboxylic acids is 1. The molecule has 0 heterocycles. The number of carboxylic acid groups (broad SMARTS) is 1. The van der Waals surface area contributed by atoms with Gasteiger partial charge in [-0.2, -0.15) is 0 Å². The van der Waals surface area contributed by atoms with Gasteiger partial charge in [0.1, 0.15) is 0 Å². The Balaban J connectivity index is 2.07. The number of hydrogen-bond donors (Lipinski definition) is 1. The summed E-state index contributed by atoms with van der Waals surface area (Å²) in [4.78, 5) is 11.2. The molecule has 0 fully saturated rings. The van der Waals surface area contributed by atoms with Crippen LogP contribution in [0.15, 0.2) is 36.4 Å². The molecule has 96 valence electrons. The third kappa shape index (κ3) is 2.14. The number of aromatic carboxylic acids is 1. The van der Waals surface area contributed by atoms with E-state index in [1.54, 1.807) is 6.07 Å². The lowest BCUT2D eigenvalue weighted by atomic mass is 9.97. The van der Waals surface area contributed by atoms with Crippen molar-refractivity contribution >= 4 is 5.97 Å². The van der Waals surface area contributed by atoms with Crippen molar-refractivity contribution in [1.82, 2.24) is 0 Å². The molecule has 0 saturated carbocycles. The number of carbonyl (C=O) groups is 1. The Hall–Kier alpha value is -2.09. The van der Waals surface area contributed by atoms with Crippen molar-refractivity contribution in [3.05, 3.63) is 58.7 Å². The second kappa shape index (κ2) is 4.54. The lowest BCUT2D eigenvalue weighted by molar-refractivity contribution is 0.0696. The van der Waals surface area contributed by atoms with Gasteiger partial charge in [0.05, 0.1) is 5.56 Å². The van der Waals surface area contributed by atoms with Crippen LogP contribution in [0, 0.1) is 6.92 Å². The summed E-state index contributed by atoms with van der Waals surface area (Å²) in [5.74, 6) is -0.861. The van der Waals surface area contributed by atoms with Crippen molar-refractivity contribution in [2.75, 3.05) is 0 Å².